The normalized spacial score (nSPS) is 12.5. The number of alkyl halides is 3. The Balaban J connectivity index is 2.32. The van der Waals surface area contributed by atoms with Crippen molar-refractivity contribution < 1.29 is 13.5 Å². The van der Waals surface area contributed by atoms with Crippen LogP contribution in [0.2, 0.25) is 0 Å². The maximum atomic E-state index is 12.4. The summed E-state index contributed by atoms with van der Waals surface area (Å²) in [6.07, 6.45) is 0. The Morgan fingerprint density at radius 2 is 1.58 bits per heavy atom. The van der Waals surface area contributed by atoms with E-state index in [0.29, 0.717) is 5.56 Å². The van der Waals surface area contributed by atoms with Crippen LogP contribution >= 0.6 is 31.9 Å². The minimum absolute atomic E-state index is 0.183. The van der Waals surface area contributed by atoms with E-state index in [0.717, 1.165) is 10.0 Å². The number of rotatable bonds is 4. The van der Waals surface area contributed by atoms with Gasteiger partial charge in [-0.15, -0.1) is 0 Å². The lowest BCUT2D eigenvalue weighted by Crippen LogP contribution is -2.05. The zero-order valence-corrected chi connectivity index (χ0v) is 12.9. The summed E-state index contributed by atoms with van der Waals surface area (Å²) in [4.78, 5) is -0.199. The Bertz CT molecular complexity index is 543. The van der Waals surface area contributed by atoms with E-state index in [1.54, 1.807) is 18.2 Å². The summed E-state index contributed by atoms with van der Waals surface area (Å²) >= 11 is 6.88. The third kappa shape index (κ3) is 3.76. The highest BCUT2D eigenvalue weighted by Gasteiger charge is 2.17. The number of benzene rings is 2. The molecule has 1 atom stereocenters. The number of halogens is 4. The Morgan fingerprint density at radius 3 is 2.21 bits per heavy atom. The molecule has 2 aromatic rings. The van der Waals surface area contributed by atoms with Crippen molar-refractivity contribution in [1.82, 2.24) is 0 Å². The van der Waals surface area contributed by atoms with E-state index in [-0.39, 0.29) is 10.6 Å². The molecule has 1 unspecified atom stereocenters. The third-order valence-electron chi connectivity index (χ3n) is 2.57. The maximum Gasteiger partial charge on any atom is 0.387 e. The van der Waals surface area contributed by atoms with E-state index in [2.05, 4.69) is 36.6 Å². The summed E-state index contributed by atoms with van der Waals surface area (Å²) < 4.78 is 30.3. The second-order valence-electron chi connectivity index (χ2n) is 3.83. The molecule has 0 heterocycles. The summed E-state index contributed by atoms with van der Waals surface area (Å²) in [6.45, 7) is -2.83. The molecular formula is C14H10Br2F2O. The van der Waals surface area contributed by atoms with Gasteiger partial charge in [0.2, 0.25) is 0 Å². The van der Waals surface area contributed by atoms with Gasteiger partial charge in [-0.2, -0.15) is 8.78 Å². The highest BCUT2D eigenvalue weighted by atomic mass is 79.9. The molecule has 0 fully saturated rings. The van der Waals surface area contributed by atoms with Gasteiger partial charge >= 0.3 is 6.61 Å². The zero-order chi connectivity index (χ0) is 13.8. The highest BCUT2D eigenvalue weighted by molar-refractivity contribution is 9.10. The number of ether oxygens (including phenoxy) is 1. The van der Waals surface area contributed by atoms with Crippen LogP contribution in [0.15, 0.2) is 53.0 Å². The molecule has 0 aliphatic heterocycles. The van der Waals surface area contributed by atoms with Crippen molar-refractivity contribution in [3.8, 4) is 5.75 Å². The molecule has 0 N–H and O–H groups in total. The zero-order valence-electron chi connectivity index (χ0n) is 9.69. The molecule has 0 radical (unpaired) electrons. The lowest BCUT2D eigenvalue weighted by atomic mass is 10.0. The van der Waals surface area contributed by atoms with Crippen LogP contribution in [0.4, 0.5) is 8.78 Å². The van der Waals surface area contributed by atoms with Crippen LogP contribution in [0.5, 0.6) is 5.75 Å². The first-order valence-electron chi connectivity index (χ1n) is 5.51. The second-order valence-corrected chi connectivity index (χ2v) is 5.66. The first-order chi connectivity index (χ1) is 9.08. The van der Waals surface area contributed by atoms with Gasteiger partial charge in [-0.25, -0.2) is 0 Å². The van der Waals surface area contributed by atoms with Crippen LogP contribution in [-0.4, -0.2) is 6.61 Å². The molecule has 5 heteroatoms. The fraction of sp³-hybridized carbons (Fsp3) is 0.143. The predicted molar refractivity (Wildman–Crippen MR) is 78.0 cm³/mol. The fourth-order valence-electron chi connectivity index (χ4n) is 1.70. The molecule has 0 spiro atoms. The van der Waals surface area contributed by atoms with Crippen molar-refractivity contribution >= 4 is 31.9 Å². The molecule has 0 aromatic heterocycles. The van der Waals surface area contributed by atoms with Crippen LogP contribution in [0, 0.1) is 0 Å². The highest BCUT2D eigenvalue weighted by Crippen LogP contribution is 2.37. The average molecular weight is 392 g/mol. The maximum absolute atomic E-state index is 12.4. The standard InChI is InChI=1S/C14H10Br2F2O/c15-10-7-5-9(6-8-10)13(16)11-3-1-2-4-12(11)19-14(17)18/h1-8,13-14H. The molecule has 19 heavy (non-hydrogen) atoms. The molecule has 2 aromatic carbocycles. The van der Waals surface area contributed by atoms with E-state index in [1.165, 1.54) is 6.07 Å². The van der Waals surface area contributed by atoms with Crippen molar-refractivity contribution in [2.75, 3.05) is 0 Å². The minimum Gasteiger partial charge on any atom is -0.434 e. The quantitative estimate of drug-likeness (QED) is 0.622. The topological polar surface area (TPSA) is 9.23 Å². The fourth-order valence-corrected chi connectivity index (χ4v) is 2.65. The van der Waals surface area contributed by atoms with E-state index in [9.17, 15) is 8.78 Å². The van der Waals surface area contributed by atoms with E-state index < -0.39 is 6.61 Å². The van der Waals surface area contributed by atoms with Crippen molar-refractivity contribution in [2.24, 2.45) is 0 Å². The molecule has 100 valence electrons. The van der Waals surface area contributed by atoms with Crippen LogP contribution in [-0.2, 0) is 0 Å². The first kappa shape index (κ1) is 14.5. The van der Waals surface area contributed by atoms with Crippen molar-refractivity contribution in [3.63, 3.8) is 0 Å². The second kappa shape index (κ2) is 6.48. The van der Waals surface area contributed by atoms with Gasteiger partial charge in [0.15, 0.2) is 0 Å². The number of hydrogen-bond donors (Lipinski definition) is 0. The molecule has 0 bridgehead atoms. The van der Waals surface area contributed by atoms with E-state index in [4.69, 9.17) is 0 Å². The van der Waals surface area contributed by atoms with E-state index >= 15 is 0 Å². The van der Waals surface area contributed by atoms with Gasteiger partial charge in [0.1, 0.15) is 5.75 Å². The minimum atomic E-state index is -2.83. The molecule has 0 saturated carbocycles. The third-order valence-corrected chi connectivity index (χ3v) is 4.12. The Labute approximate surface area is 126 Å². The van der Waals surface area contributed by atoms with E-state index in [1.807, 2.05) is 24.3 Å². The Morgan fingerprint density at radius 1 is 0.947 bits per heavy atom. The summed E-state index contributed by atoms with van der Waals surface area (Å²) in [5.74, 6) is 0.183. The van der Waals surface area contributed by atoms with Gasteiger partial charge in [0.25, 0.3) is 0 Å². The molecular weight excluding hydrogens is 382 g/mol. The van der Waals surface area contributed by atoms with Crippen molar-refractivity contribution in [3.05, 3.63) is 64.1 Å². The van der Waals surface area contributed by atoms with Gasteiger partial charge in [-0.1, -0.05) is 62.2 Å². The molecule has 2 rings (SSSR count). The van der Waals surface area contributed by atoms with Gasteiger partial charge < -0.3 is 4.74 Å². The molecule has 1 nitrogen and oxygen atoms in total. The summed E-state index contributed by atoms with van der Waals surface area (Å²) in [7, 11) is 0. The molecule has 0 aliphatic carbocycles. The Hall–Kier alpha value is -0.940. The predicted octanol–water partition coefficient (Wildman–Crippen LogP) is 5.53. The van der Waals surface area contributed by atoms with Crippen LogP contribution in [0.25, 0.3) is 0 Å². The average Bonchev–Trinajstić information content (AvgIpc) is 2.39. The molecule has 0 saturated heterocycles. The lowest BCUT2D eigenvalue weighted by molar-refractivity contribution is -0.0503. The van der Waals surface area contributed by atoms with Crippen LogP contribution < -0.4 is 4.74 Å². The smallest absolute Gasteiger partial charge is 0.387 e. The van der Waals surface area contributed by atoms with Gasteiger partial charge in [-0.3, -0.25) is 0 Å². The Kier molecular flexibility index (Phi) is 4.93. The monoisotopic (exact) mass is 390 g/mol. The van der Waals surface area contributed by atoms with Gasteiger partial charge in [-0.05, 0) is 23.8 Å². The van der Waals surface area contributed by atoms with Gasteiger partial charge in [0.05, 0.1) is 4.83 Å². The molecule has 0 amide bonds. The van der Waals surface area contributed by atoms with Crippen LogP contribution in [0.1, 0.15) is 16.0 Å². The summed E-state index contributed by atoms with van der Waals surface area (Å²) in [5.41, 5.74) is 1.64. The van der Waals surface area contributed by atoms with Gasteiger partial charge in [0, 0.05) is 10.0 Å². The SMILES string of the molecule is FC(F)Oc1ccccc1C(Br)c1ccc(Br)cc1. The largest absolute Gasteiger partial charge is 0.434 e. The summed E-state index contributed by atoms with van der Waals surface area (Å²) in [5, 5.41) is 0. The van der Waals surface area contributed by atoms with Crippen molar-refractivity contribution in [2.45, 2.75) is 11.4 Å². The number of hydrogen-bond acceptors (Lipinski definition) is 1. The summed E-state index contributed by atoms with van der Waals surface area (Å²) in [6, 6.07) is 14.4. The molecule has 0 aliphatic rings. The number of para-hydroxylation sites is 1. The van der Waals surface area contributed by atoms with Crippen LogP contribution in [0.3, 0.4) is 0 Å². The van der Waals surface area contributed by atoms with Crippen molar-refractivity contribution in [1.29, 1.82) is 0 Å². The first-order valence-corrected chi connectivity index (χ1v) is 7.22. The lowest BCUT2D eigenvalue weighted by Gasteiger charge is -2.15.